The summed E-state index contributed by atoms with van der Waals surface area (Å²) in [4.78, 5) is 0. The van der Waals surface area contributed by atoms with Crippen LogP contribution in [0.5, 0.6) is 0 Å². The zero-order valence-electron chi connectivity index (χ0n) is 13.2. The molecule has 2 aliphatic heterocycles. The van der Waals surface area contributed by atoms with Gasteiger partial charge in [-0.2, -0.15) is 0 Å². The molecule has 2 nitrogen and oxygen atoms in total. The Bertz CT molecular complexity index is 368. The highest BCUT2D eigenvalue weighted by Crippen LogP contribution is 2.58. The van der Waals surface area contributed by atoms with Gasteiger partial charge in [-0.1, -0.05) is 47.2 Å². The van der Waals surface area contributed by atoms with E-state index in [1.807, 2.05) is 0 Å². The molecule has 1 unspecified atom stereocenters. The summed E-state index contributed by atoms with van der Waals surface area (Å²) in [5.41, 5.74) is 3.71. The summed E-state index contributed by atoms with van der Waals surface area (Å²) in [6, 6.07) is 0. The van der Waals surface area contributed by atoms with Gasteiger partial charge < -0.3 is 9.16 Å². The van der Waals surface area contributed by atoms with Gasteiger partial charge in [0.1, 0.15) is 0 Å². The van der Waals surface area contributed by atoms with Crippen molar-refractivity contribution in [1.82, 2.24) is 0 Å². The highest BCUT2D eigenvalue weighted by molar-refractivity contribution is 6.84. The Balaban J connectivity index is 2.48. The minimum absolute atomic E-state index is 0.169. The first-order valence-electron chi connectivity index (χ1n) is 6.94. The summed E-state index contributed by atoms with van der Waals surface area (Å²) in [5.74, 6) is 0. The van der Waals surface area contributed by atoms with E-state index in [2.05, 4.69) is 61.1 Å². The first-order valence-corrected chi connectivity index (χ1v) is 8.93. The standard InChI is InChI=1S/C15H28O2Si/c1-13(2,3)18(14(4,5)6)10-11-9-16-15(7,8)12(11)17-18/h10,12H,9H2,1-8H3. The highest BCUT2D eigenvalue weighted by Gasteiger charge is 2.61. The third-order valence-electron chi connectivity index (χ3n) is 4.50. The summed E-state index contributed by atoms with van der Waals surface area (Å²) >= 11 is 0. The summed E-state index contributed by atoms with van der Waals surface area (Å²) in [6.45, 7) is 19.0. The van der Waals surface area contributed by atoms with Gasteiger partial charge in [-0.05, 0) is 29.5 Å². The Hall–Kier alpha value is -0.123. The Morgan fingerprint density at radius 2 is 1.61 bits per heavy atom. The fourth-order valence-corrected chi connectivity index (χ4v) is 9.05. The van der Waals surface area contributed by atoms with E-state index in [1.54, 1.807) is 0 Å². The van der Waals surface area contributed by atoms with Crippen LogP contribution in [0.15, 0.2) is 11.3 Å². The normalized spacial score (nSPS) is 30.2. The fraction of sp³-hybridized carbons (Fsp3) is 0.867. The molecule has 0 amide bonds. The van der Waals surface area contributed by atoms with Gasteiger partial charge in [0.05, 0.1) is 18.3 Å². The van der Waals surface area contributed by atoms with Gasteiger partial charge in [0.2, 0.25) is 8.32 Å². The number of rotatable bonds is 0. The molecule has 0 radical (unpaired) electrons. The van der Waals surface area contributed by atoms with E-state index >= 15 is 0 Å². The third-order valence-corrected chi connectivity index (χ3v) is 10.3. The zero-order valence-corrected chi connectivity index (χ0v) is 14.2. The predicted octanol–water partition coefficient (Wildman–Crippen LogP) is 4.21. The average Bonchev–Trinajstić information content (AvgIpc) is 2.63. The monoisotopic (exact) mass is 268 g/mol. The Labute approximate surface area is 113 Å². The van der Waals surface area contributed by atoms with Crippen LogP contribution in [-0.4, -0.2) is 26.6 Å². The van der Waals surface area contributed by atoms with Gasteiger partial charge in [-0.3, -0.25) is 0 Å². The molecule has 2 rings (SSSR count). The Kier molecular flexibility index (Phi) is 2.94. The molecular formula is C15H28O2Si. The van der Waals surface area contributed by atoms with Crippen molar-refractivity contribution in [2.45, 2.75) is 77.2 Å². The second-order valence-electron chi connectivity index (χ2n) is 8.34. The van der Waals surface area contributed by atoms with E-state index in [0.717, 1.165) is 6.61 Å². The summed E-state index contributed by atoms with van der Waals surface area (Å²) in [7, 11) is -1.96. The van der Waals surface area contributed by atoms with E-state index in [-0.39, 0.29) is 21.8 Å². The molecule has 2 heterocycles. The first-order chi connectivity index (χ1) is 7.91. The van der Waals surface area contributed by atoms with Crippen molar-refractivity contribution in [3.8, 4) is 0 Å². The van der Waals surface area contributed by atoms with E-state index in [0.29, 0.717) is 0 Å². The lowest BCUT2D eigenvalue weighted by Gasteiger charge is -2.48. The van der Waals surface area contributed by atoms with Crippen LogP contribution < -0.4 is 0 Å². The van der Waals surface area contributed by atoms with Crippen molar-refractivity contribution in [3.63, 3.8) is 0 Å². The van der Waals surface area contributed by atoms with Crippen LogP contribution in [-0.2, 0) is 9.16 Å². The molecule has 0 aromatic heterocycles. The summed E-state index contributed by atoms with van der Waals surface area (Å²) in [6.07, 6.45) is 0.169. The van der Waals surface area contributed by atoms with E-state index in [1.165, 1.54) is 5.57 Å². The van der Waals surface area contributed by atoms with E-state index < -0.39 is 8.32 Å². The molecule has 0 bridgehead atoms. The molecule has 0 N–H and O–H groups in total. The summed E-state index contributed by atoms with van der Waals surface area (Å²) < 4.78 is 12.6. The molecule has 0 aliphatic carbocycles. The van der Waals surface area contributed by atoms with Gasteiger partial charge in [-0.15, -0.1) is 0 Å². The second kappa shape index (κ2) is 3.71. The van der Waals surface area contributed by atoms with Crippen molar-refractivity contribution >= 4 is 8.32 Å². The molecule has 2 aliphatic rings. The van der Waals surface area contributed by atoms with Crippen molar-refractivity contribution in [2.24, 2.45) is 0 Å². The van der Waals surface area contributed by atoms with Gasteiger partial charge in [0, 0.05) is 0 Å². The zero-order chi connectivity index (χ0) is 14.0. The van der Waals surface area contributed by atoms with Crippen LogP contribution in [0.3, 0.4) is 0 Å². The molecule has 0 aromatic rings. The number of hydrogen-bond donors (Lipinski definition) is 0. The SMILES string of the molecule is CC1(C)OCC2=C[Si](C(C)(C)C)(C(C)(C)C)OC21. The second-order valence-corrected chi connectivity index (χ2v) is 13.3. The lowest BCUT2D eigenvalue weighted by atomic mass is 10.00. The summed E-state index contributed by atoms with van der Waals surface area (Å²) in [5, 5.41) is 0.414. The maximum atomic E-state index is 6.74. The largest absolute Gasteiger partial charge is 0.402 e. The molecule has 104 valence electrons. The molecule has 0 spiro atoms. The topological polar surface area (TPSA) is 18.5 Å². The smallest absolute Gasteiger partial charge is 0.228 e. The van der Waals surface area contributed by atoms with Crippen LogP contribution in [0, 0.1) is 0 Å². The van der Waals surface area contributed by atoms with Gasteiger partial charge in [0.25, 0.3) is 0 Å². The minimum Gasteiger partial charge on any atom is -0.402 e. The first kappa shape index (κ1) is 14.3. The number of ether oxygens (including phenoxy) is 1. The molecule has 1 atom stereocenters. The fourth-order valence-electron chi connectivity index (χ4n) is 3.59. The van der Waals surface area contributed by atoms with Crippen molar-refractivity contribution in [3.05, 3.63) is 11.3 Å². The van der Waals surface area contributed by atoms with Gasteiger partial charge in [0.15, 0.2) is 0 Å². The Morgan fingerprint density at radius 3 is 2.00 bits per heavy atom. The van der Waals surface area contributed by atoms with Crippen LogP contribution in [0.2, 0.25) is 10.1 Å². The molecule has 1 fully saturated rings. The highest BCUT2D eigenvalue weighted by atomic mass is 28.4. The lowest BCUT2D eigenvalue weighted by molar-refractivity contribution is -0.0229. The predicted molar refractivity (Wildman–Crippen MR) is 78.2 cm³/mol. The number of hydrogen-bond acceptors (Lipinski definition) is 2. The average molecular weight is 268 g/mol. The van der Waals surface area contributed by atoms with Crippen molar-refractivity contribution in [2.75, 3.05) is 6.61 Å². The molecule has 0 aromatic carbocycles. The minimum atomic E-state index is -1.96. The van der Waals surface area contributed by atoms with Crippen LogP contribution in [0.25, 0.3) is 0 Å². The third kappa shape index (κ3) is 1.83. The van der Waals surface area contributed by atoms with Crippen LogP contribution in [0.4, 0.5) is 0 Å². The van der Waals surface area contributed by atoms with E-state index in [9.17, 15) is 0 Å². The number of fused-ring (bicyclic) bond motifs is 1. The Morgan fingerprint density at radius 1 is 1.11 bits per heavy atom. The van der Waals surface area contributed by atoms with Gasteiger partial charge in [-0.25, -0.2) is 0 Å². The van der Waals surface area contributed by atoms with Crippen molar-refractivity contribution < 1.29 is 9.16 Å². The molecule has 18 heavy (non-hydrogen) atoms. The van der Waals surface area contributed by atoms with E-state index in [4.69, 9.17) is 9.16 Å². The molecular weight excluding hydrogens is 240 g/mol. The quantitative estimate of drug-likeness (QED) is 0.613. The maximum Gasteiger partial charge on any atom is 0.228 e. The van der Waals surface area contributed by atoms with Crippen LogP contribution >= 0.6 is 0 Å². The lowest BCUT2D eigenvalue weighted by Crippen LogP contribution is -2.54. The maximum absolute atomic E-state index is 6.74. The molecule has 1 saturated heterocycles. The van der Waals surface area contributed by atoms with Crippen molar-refractivity contribution in [1.29, 1.82) is 0 Å². The molecule has 0 saturated carbocycles. The van der Waals surface area contributed by atoms with Gasteiger partial charge >= 0.3 is 0 Å². The van der Waals surface area contributed by atoms with Crippen LogP contribution in [0.1, 0.15) is 55.4 Å². The molecule has 3 heteroatoms.